The molecule has 0 radical (unpaired) electrons. The van der Waals surface area contributed by atoms with E-state index in [0.717, 1.165) is 0 Å². The van der Waals surface area contributed by atoms with Crippen molar-refractivity contribution < 1.29 is 8.42 Å². The van der Waals surface area contributed by atoms with Crippen molar-refractivity contribution in [3.8, 4) is 6.07 Å². The normalized spacial score (nSPS) is 10.9. The molecule has 5 heteroatoms. The Hall–Kier alpha value is -1.54. The van der Waals surface area contributed by atoms with Crippen molar-refractivity contribution in [2.75, 3.05) is 11.5 Å². The van der Waals surface area contributed by atoms with Crippen molar-refractivity contribution in [3.05, 3.63) is 24.3 Å². The summed E-state index contributed by atoms with van der Waals surface area (Å²) in [4.78, 5) is 0.223. The largest absolute Gasteiger partial charge is 0.399 e. The second-order valence-electron chi connectivity index (χ2n) is 3.15. The summed E-state index contributed by atoms with van der Waals surface area (Å²) in [5, 5.41) is 8.31. The summed E-state index contributed by atoms with van der Waals surface area (Å²) in [6, 6.07) is 8.10. The highest BCUT2D eigenvalue weighted by Gasteiger charge is 2.13. The van der Waals surface area contributed by atoms with E-state index >= 15 is 0 Å². The first kappa shape index (κ1) is 11.5. The number of hydrogen-bond donors (Lipinski definition) is 1. The molecule has 0 unspecified atom stereocenters. The lowest BCUT2D eigenvalue weighted by Gasteiger charge is -2.03. The van der Waals surface area contributed by atoms with Crippen molar-refractivity contribution in [1.82, 2.24) is 0 Å². The summed E-state index contributed by atoms with van der Waals surface area (Å²) >= 11 is 0. The lowest BCUT2D eigenvalue weighted by atomic mass is 10.3. The van der Waals surface area contributed by atoms with Crippen LogP contribution in [0.5, 0.6) is 0 Å². The van der Waals surface area contributed by atoms with E-state index in [9.17, 15) is 8.42 Å². The van der Waals surface area contributed by atoms with E-state index in [0.29, 0.717) is 12.1 Å². The molecule has 0 bridgehead atoms. The van der Waals surface area contributed by atoms with Crippen LogP contribution in [0.4, 0.5) is 5.69 Å². The highest BCUT2D eigenvalue weighted by atomic mass is 32.2. The van der Waals surface area contributed by atoms with E-state index in [-0.39, 0.29) is 17.1 Å². The van der Waals surface area contributed by atoms with Gasteiger partial charge >= 0.3 is 0 Å². The van der Waals surface area contributed by atoms with E-state index in [1.54, 1.807) is 12.1 Å². The van der Waals surface area contributed by atoms with E-state index in [2.05, 4.69) is 0 Å². The van der Waals surface area contributed by atoms with Gasteiger partial charge in [-0.05, 0) is 24.6 Å². The average Bonchev–Trinajstić information content (AvgIpc) is 2.18. The molecule has 1 aromatic carbocycles. The number of hydrogen-bond acceptors (Lipinski definition) is 4. The number of anilines is 1. The fourth-order valence-electron chi connectivity index (χ4n) is 1.17. The quantitative estimate of drug-likeness (QED) is 0.618. The van der Waals surface area contributed by atoms with Crippen LogP contribution in [-0.4, -0.2) is 14.2 Å². The van der Waals surface area contributed by atoms with Gasteiger partial charge in [0.05, 0.1) is 16.7 Å². The predicted molar refractivity (Wildman–Crippen MR) is 57.8 cm³/mol. The Morgan fingerprint density at radius 1 is 1.40 bits per heavy atom. The summed E-state index contributed by atoms with van der Waals surface area (Å²) in [7, 11) is -3.29. The number of rotatable bonds is 4. The van der Waals surface area contributed by atoms with Crippen LogP contribution in [0.25, 0.3) is 0 Å². The zero-order valence-electron chi connectivity index (χ0n) is 8.18. The third-order valence-electron chi connectivity index (χ3n) is 1.92. The van der Waals surface area contributed by atoms with Crippen LogP contribution in [0.2, 0.25) is 0 Å². The van der Waals surface area contributed by atoms with E-state index < -0.39 is 9.84 Å². The van der Waals surface area contributed by atoms with Crippen molar-refractivity contribution in [2.24, 2.45) is 0 Å². The summed E-state index contributed by atoms with van der Waals surface area (Å²) in [5.74, 6) is -0.00991. The predicted octanol–water partition coefficient (Wildman–Crippen LogP) is 1.35. The molecule has 4 nitrogen and oxygen atoms in total. The number of nitrogen functional groups attached to an aromatic ring is 1. The zero-order chi connectivity index (χ0) is 11.3. The molecule has 15 heavy (non-hydrogen) atoms. The fourth-order valence-corrected chi connectivity index (χ4v) is 2.53. The Kier molecular flexibility index (Phi) is 3.69. The number of benzene rings is 1. The van der Waals surface area contributed by atoms with Crippen molar-refractivity contribution in [3.63, 3.8) is 0 Å². The van der Waals surface area contributed by atoms with Crippen molar-refractivity contribution >= 4 is 15.5 Å². The molecule has 80 valence electrons. The van der Waals surface area contributed by atoms with Gasteiger partial charge in [-0.2, -0.15) is 5.26 Å². The van der Waals surface area contributed by atoms with Gasteiger partial charge in [-0.25, -0.2) is 8.42 Å². The number of nitrogens with two attached hydrogens (primary N) is 1. The summed E-state index contributed by atoms with van der Waals surface area (Å²) in [5.41, 5.74) is 5.92. The smallest absolute Gasteiger partial charge is 0.178 e. The Labute approximate surface area is 89.2 Å². The van der Waals surface area contributed by atoms with Gasteiger partial charge in [0, 0.05) is 12.1 Å². The van der Waals surface area contributed by atoms with Gasteiger partial charge in [-0.3, -0.25) is 0 Å². The minimum absolute atomic E-state index is 0.00991. The molecule has 2 N–H and O–H groups in total. The number of nitrogens with zero attached hydrogens (tertiary/aromatic N) is 1. The Balaban J connectivity index is 2.83. The van der Waals surface area contributed by atoms with Crippen LogP contribution in [0.3, 0.4) is 0 Å². The Morgan fingerprint density at radius 3 is 2.73 bits per heavy atom. The maximum atomic E-state index is 11.7. The molecule has 1 aromatic rings. The van der Waals surface area contributed by atoms with E-state index in [4.69, 9.17) is 11.0 Å². The zero-order valence-corrected chi connectivity index (χ0v) is 9.00. The number of sulfone groups is 1. The van der Waals surface area contributed by atoms with Crippen LogP contribution >= 0.6 is 0 Å². The standard InChI is InChI=1S/C10H12N2O2S/c11-6-1-2-7-15(13,14)10-5-3-4-9(12)8-10/h3-5,8H,1-2,7,12H2. The molecule has 0 fully saturated rings. The monoisotopic (exact) mass is 224 g/mol. The second kappa shape index (κ2) is 4.80. The van der Waals surface area contributed by atoms with Crippen molar-refractivity contribution in [1.29, 1.82) is 5.26 Å². The van der Waals surface area contributed by atoms with E-state index in [1.807, 2.05) is 6.07 Å². The number of unbranched alkanes of at least 4 members (excludes halogenated alkanes) is 1. The van der Waals surface area contributed by atoms with Crippen LogP contribution in [0, 0.1) is 11.3 Å². The first-order valence-electron chi connectivity index (χ1n) is 4.51. The van der Waals surface area contributed by atoms with Crippen LogP contribution in [0.1, 0.15) is 12.8 Å². The van der Waals surface area contributed by atoms with Crippen LogP contribution in [-0.2, 0) is 9.84 Å². The maximum absolute atomic E-state index is 11.7. The highest BCUT2D eigenvalue weighted by Crippen LogP contribution is 2.15. The van der Waals surface area contributed by atoms with Gasteiger partial charge in [0.1, 0.15) is 0 Å². The van der Waals surface area contributed by atoms with Gasteiger partial charge < -0.3 is 5.73 Å². The molecule has 0 aliphatic carbocycles. The molecule has 0 aliphatic rings. The minimum Gasteiger partial charge on any atom is -0.399 e. The molecule has 0 aromatic heterocycles. The topological polar surface area (TPSA) is 84.0 Å². The van der Waals surface area contributed by atoms with Crippen molar-refractivity contribution in [2.45, 2.75) is 17.7 Å². The van der Waals surface area contributed by atoms with Gasteiger partial charge in [0.25, 0.3) is 0 Å². The van der Waals surface area contributed by atoms with Gasteiger partial charge in [0.15, 0.2) is 9.84 Å². The fraction of sp³-hybridized carbons (Fsp3) is 0.300. The van der Waals surface area contributed by atoms with Gasteiger partial charge in [-0.15, -0.1) is 0 Å². The first-order valence-corrected chi connectivity index (χ1v) is 6.17. The van der Waals surface area contributed by atoms with E-state index in [1.165, 1.54) is 12.1 Å². The van der Waals surface area contributed by atoms with Gasteiger partial charge in [0.2, 0.25) is 0 Å². The molecule has 0 atom stereocenters. The minimum atomic E-state index is -3.29. The summed E-state index contributed by atoms with van der Waals surface area (Å²) in [6.07, 6.45) is 0.606. The lowest BCUT2D eigenvalue weighted by Crippen LogP contribution is -2.07. The summed E-state index contributed by atoms with van der Waals surface area (Å²) in [6.45, 7) is 0. The molecular weight excluding hydrogens is 212 g/mol. The molecule has 0 amide bonds. The third-order valence-corrected chi connectivity index (χ3v) is 3.72. The Bertz CT molecular complexity index is 474. The van der Waals surface area contributed by atoms with Crippen LogP contribution in [0.15, 0.2) is 29.2 Å². The molecular formula is C10H12N2O2S. The van der Waals surface area contributed by atoms with Crippen LogP contribution < -0.4 is 5.73 Å². The number of nitriles is 1. The summed E-state index contributed by atoms with van der Waals surface area (Å²) < 4.78 is 23.4. The molecule has 0 saturated carbocycles. The average molecular weight is 224 g/mol. The van der Waals surface area contributed by atoms with Gasteiger partial charge in [-0.1, -0.05) is 6.07 Å². The maximum Gasteiger partial charge on any atom is 0.178 e. The first-order chi connectivity index (χ1) is 7.06. The highest BCUT2D eigenvalue weighted by molar-refractivity contribution is 7.91. The Morgan fingerprint density at radius 2 is 2.13 bits per heavy atom. The molecule has 0 spiro atoms. The third kappa shape index (κ3) is 3.26. The SMILES string of the molecule is N#CCCCS(=O)(=O)c1cccc(N)c1. The second-order valence-corrected chi connectivity index (χ2v) is 5.26. The molecule has 0 heterocycles. The molecule has 1 rings (SSSR count). The molecule has 0 saturated heterocycles. The lowest BCUT2D eigenvalue weighted by molar-refractivity contribution is 0.594. The molecule has 0 aliphatic heterocycles.